The fraction of sp³-hybridized carbons (Fsp3) is 0.107. The summed E-state index contributed by atoms with van der Waals surface area (Å²) in [6.45, 7) is 1.07. The van der Waals surface area contributed by atoms with Gasteiger partial charge in [-0.1, -0.05) is 48.5 Å². The summed E-state index contributed by atoms with van der Waals surface area (Å²) in [5, 5.41) is 10.3. The van der Waals surface area contributed by atoms with Gasteiger partial charge in [-0.05, 0) is 46.5 Å². The molecule has 5 aromatic rings. The van der Waals surface area contributed by atoms with E-state index in [2.05, 4.69) is 26.7 Å². The van der Waals surface area contributed by atoms with Crippen LogP contribution in [0, 0.1) is 0 Å². The fourth-order valence-electron chi connectivity index (χ4n) is 4.11. The molecule has 34 heavy (non-hydrogen) atoms. The van der Waals surface area contributed by atoms with Gasteiger partial charge in [0.1, 0.15) is 18.7 Å². The Kier molecular flexibility index (Phi) is 6.03. The van der Waals surface area contributed by atoms with E-state index in [9.17, 15) is 9.90 Å². The van der Waals surface area contributed by atoms with Crippen molar-refractivity contribution in [1.82, 2.24) is 14.5 Å². The van der Waals surface area contributed by atoms with Crippen molar-refractivity contribution in [2.75, 3.05) is 0 Å². The number of aliphatic carboxylic acids is 1. The normalized spacial score (nSPS) is 10.9. The van der Waals surface area contributed by atoms with Gasteiger partial charge in [-0.3, -0.25) is 4.79 Å². The monoisotopic (exact) mass is 449 g/mol. The van der Waals surface area contributed by atoms with Gasteiger partial charge in [0.25, 0.3) is 0 Å². The molecule has 0 bridgehead atoms. The minimum absolute atomic E-state index is 0.0486. The molecule has 6 heteroatoms. The molecule has 0 unspecified atom stereocenters. The Hall–Kier alpha value is -4.45. The van der Waals surface area contributed by atoms with Crippen molar-refractivity contribution in [3.05, 3.63) is 114 Å². The molecule has 0 aliphatic carbocycles. The Morgan fingerprint density at radius 3 is 2.47 bits per heavy atom. The number of carboxylic acid groups (broad SMARTS) is 1. The molecule has 0 aliphatic rings. The Labute approximate surface area is 197 Å². The Morgan fingerprint density at radius 1 is 0.882 bits per heavy atom. The van der Waals surface area contributed by atoms with E-state index in [4.69, 9.17) is 4.74 Å². The van der Waals surface area contributed by atoms with Crippen LogP contribution in [-0.4, -0.2) is 25.6 Å². The summed E-state index contributed by atoms with van der Waals surface area (Å²) in [6.07, 6.45) is 6.98. The highest BCUT2D eigenvalue weighted by Gasteiger charge is 2.13. The molecule has 6 nitrogen and oxygen atoms in total. The second kappa shape index (κ2) is 9.58. The zero-order valence-electron chi connectivity index (χ0n) is 18.5. The van der Waals surface area contributed by atoms with Gasteiger partial charge in [-0.2, -0.15) is 0 Å². The van der Waals surface area contributed by atoms with E-state index in [0.29, 0.717) is 18.9 Å². The van der Waals surface area contributed by atoms with Crippen molar-refractivity contribution in [2.24, 2.45) is 0 Å². The van der Waals surface area contributed by atoms with Crippen LogP contribution in [0.1, 0.15) is 16.7 Å². The van der Waals surface area contributed by atoms with Crippen molar-refractivity contribution >= 4 is 16.9 Å². The molecular weight excluding hydrogens is 426 g/mol. The van der Waals surface area contributed by atoms with Gasteiger partial charge in [0.2, 0.25) is 0 Å². The molecule has 1 N–H and O–H groups in total. The third-order valence-electron chi connectivity index (χ3n) is 5.70. The van der Waals surface area contributed by atoms with Crippen molar-refractivity contribution in [3.63, 3.8) is 0 Å². The standard InChI is InChI=1S/C28H23N3O3/c32-28(33)12-23-17-31(16-21-7-4-8-22(11-21)24-14-29-19-30-15-24)27-10-9-25(13-26(23)27)34-18-20-5-2-1-3-6-20/h1-11,13-15,17,19H,12,16,18H2,(H,32,33). The molecule has 168 valence electrons. The van der Waals surface area contributed by atoms with Crippen LogP contribution in [0.4, 0.5) is 0 Å². The van der Waals surface area contributed by atoms with E-state index < -0.39 is 5.97 Å². The van der Waals surface area contributed by atoms with Gasteiger partial charge in [-0.25, -0.2) is 9.97 Å². The first kappa shape index (κ1) is 21.4. The number of fused-ring (bicyclic) bond motifs is 1. The van der Waals surface area contributed by atoms with Crippen LogP contribution >= 0.6 is 0 Å². The van der Waals surface area contributed by atoms with Crippen LogP contribution in [0.3, 0.4) is 0 Å². The number of rotatable bonds is 8. The van der Waals surface area contributed by atoms with Crippen molar-refractivity contribution < 1.29 is 14.6 Å². The van der Waals surface area contributed by atoms with Crippen LogP contribution in [0.2, 0.25) is 0 Å². The van der Waals surface area contributed by atoms with E-state index in [0.717, 1.165) is 38.7 Å². The average Bonchev–Trinajstić information content (AvgIpc) is 3.19. The molecule has 3 aromatic carbocycles. The lowest BCUT2D eigenvalue weighted by atomic mass is 10.1. The third kappa shape index (κ3) is 4.81. The average molecular weight is 450 g/mol. The van der Waals surface area contributed by atoms with Gasteiger partial charge >= 0.3 is 5.97 Å². The minimum Gasteiger partial charge on any atom is -0.489 e. The van der Waals surface area contributed by atoms with Crippen LogP contribution in [0.25, 0.3) is 22.0 Å². The van der Waals surface area contributed by atoms with Gasteiger partial charge in [0.15, 0.2) is 0 Å². The number of aromatic nitrogens is 3. The SMILES string of the molecule is O=C(O)Cc1cn(Cc2cccc(-c3cncnc3)c2)c2ccc(OCc3ccccc3)cc12. The lowest BCUT2D eigenvalue weighted by molar-refractivity contribution is -0.136. The second-order valence-corrected chi connectivity index (χ2v) is 8.13. The topological polar surface area (TPSA) is 77.2 Å². The molecule has 0 fully saturated rings. The first-order valence-corrected chi connectivity index (χ1v) is 11.0. The number of carbonyl (C=O) groups is 1. The summed E-state index contributed by atoms with van der Waals surface area (Å²) >= 11 is 0. The second-order valence-electron chi connectivity index (χ2n) is 8.13. The van der Waals surface area contributed by atoms with Gasteiger partial charge in [0.05, 0.1) is 6.42 Å². The highest BCUT2D eigenvalue weighted by atomic mass is 16.5. The molecule has 0 atom stereocenters. The lowest BCUT2D eigenvalue weighted by Crippen LogP contribution is -2.00. The molecule has 2 aromatic heterocycles. The van der Waals surface area contributed by atoms with Crippen LogP contribution < -0.4 is 4.74 Å². The van der Waals surface area contributed by atoms with Crippen molar-refractivity contribution in [3.8, 4) is 16.9 Å². The first-order valence-electron chi connectivity index (χ1n) is 11.0. The summed E-state index contributed by atoms with van der Waals surface area (Å²) in [6, 6.07) is 24.0. The molecule has 0 aliphatic heterocycles. The summed E-state index contributed by atoms with van der Waals surface area (Å²) in [4.78, 5) is 19.7. The number of ether oxygens (including phenoxy) is 1. The van der Waals surface area contributed by atoms with E-state index >= 15 is 0 Å². The minimum atomic E-state index is -0.860. The predicted octanol–water partition coefficient (Wildman–Crippen LogP) is 5.35. The van der Waals surface area contributed by atoms with E-state index in [1.165, 1.54) is 6.33 Å². The quantitative estimate of drug-likeness (QED) is 0.345. The predicted molar refractivity (Wildman–Crippen MR) is 131 cm³/mol. The highest BCUT2D eigenvalue weighted by molar-refractivity contribution is 5.88. The van der Waals surface area contributed by atoms with Crippen LogP contribution in [-0.2, 0) is 24.4 Å². The third-order valence-corrected chi connectivity index (χ3v) is 5.70. The molecule has 0 amide bonds. The lowest BCUT2D eigenvalue weighted by Gasteiger charge is -2.09. The summed E-state index contributed by atoms with van der Waals surface area (Å²) in [5.41, 5.74) is 5.90. The van der Waals surface area contributed by atoms with Crippen LogP contribution in [0.15, 0.2) is 97.7 Å². The van der Waals surface area contributed by atoms with Crippen molar-refractivity contribution in [1.29, 1.82) is 0 Å². The van der Waals surface area contributed by atoms with Gasteiger partial charge < -0.3 is 14.4 Å². The van der Waals surface area contributed by atoms with E-state index in [-0.39, 0.29) is 6.42 Å². The number of hydrogen-bond donors (Lipinski definition) is 1. The zero-order chi connectivity index (χ0) is 23.3. The maximum atomic E-state index is 11.5. The number of carboxylic acids is 1. The molecular formula is C28H23N3O3. The Bertz CT molecular complexity index is 1430. The zero-order valence-corrected chi connectivity index (χ0v) is 18.5. The fourth-order valence-corrected chi connectivity index (χ4v) is 4.11. The molecule has 0 radical (unpaired) electrons. The van der Waals surface area contributed by atoms with Crippen molar-refractivity contribution in [2.45, 2.75) is 19.6 Å². The molecule has 0 saturated heterocycles. The largest absolute Gasteiger partial charge is 0.489 e. The van der Waals surface area contributed by atoms with Gasteiger partial charge in [0, 0.05) is 41.6 Å². The Balaban J connectivity index is 1.45. The highest BCUT2D eigenvalue weighted by Crippen LogP contribution is 2.28. The molecule has 0 saturated carbocycles. The molecule has 5 rings (SSSR count). The summed E-state index contributed by atoms with van der Waals surface area (Å²) in [7, 11) is 0. The maximum Gasteiger partial charge on any atom is 0.307 e. The van der Waals surface area contributed by atoms with Crippen LogP contribution in [0.5, 0.6) is 5.75 Å². The summed E-state index contributed by atoms with van der Waals surface area (Å²) in [5.74, 6) is -0.146. The number of hydrogen-bond acceptors (Lipinski definition) is 4. The number of benzene rings is 3. The van der Waals surface area contributed by atoms with E-state index in [1.807, 2.05) is 66.9 Å². The maximum absolute atomic E-state index is 11.5. The summed E-state index contributed by atoms with van der Waals surface area (Å²) < 4.78 is 8.08. The smallest absolute Gasteiger partial charge is 0.307 e. The first-order chi connectivity index (χ1) is 16.7. The van der Waals surface area contributed by atoms with Gasteiger partial charge in [-0.15, -0.1) is 0 Å². The van der Waals surface area contributed by atoms with E-state index in [1.54, 1.807) is 12.4 Å². The molecule has 2 heterocycles. The Morgan fingerprint density at radius 2 is 1.68 bits per heavy atom. The molecule has 0 spiro atoms. The number of nitrogens with zero attached hydrogens (tertiary/aromatic N) is 3.